The Labute approximate surface area is 118 Å². The van der Waals surface area contributed by atoms with Gasteiger partial charge in [0.2, 0.25) is 5.91 Å². The highest BCUT2D eigenvalue weighted by Gasteiger charge is 2.46. The molecule has 5 nitrogen and oxygen atoms in total. The predicted octanol–water partition coefficient (Wildman–Crippen LogP) is -0.458. The third-order valence-corrected chi connectivity index (χ3v) is 4.13. The molecular weight excluding hydrogens is 256 g/mol. The predicted molar refractivity (Wildman–Crippen MR) is 73.6 cm³/mol. The Morgan fingerprint density at radius 1 is 1.20 bits per heavy atom. The summed E-state index contributed by atoms with van der Waals surface area (Å²) in [7, 11) is 0. The van der Waals surface area contributed by atoms with Crippen molar-refractivity contribution >= 4 is 17.5 Å². The van der Waals surface area contributed by atoms with Crippen LogP contribution in [0.3, 0.4) is 0 Å². The van der Waals surface area contributed by atoms with Gasteiger partial charge in [0.15, 0.2) is 6.04 Å². The van der Waals surface area contributed by atoms with Gasteiger partial charge in [-0.2, -0.15) is 0 Å². The molecule has 0 saturated carbocycles. The minimum atomic E-state index is -0.244. The SMILES string of the molecule is Cc1ccccc1N1C(=O)C[C@H]([NH+]2CCOCC2)C1=O. The number of imide groups is 1. The first-order valence-corrected chi connectivity index (χ1v) is 7.03. The lowest BCUT2D eigenvalue weighted by Gasteiger charge is -2.27. The molecule has 2 aliphatic heterocycles. The summed E-state index contributed by atoms with van der Waals surface area (Å²) in [5.41, 5.74) is 1.67. The van der Waals surface area contributed by atoms with Gasteiger partial charge in [-0.05, 0) is 18.6 Å². The molecule has 2 saturated heterocycles. The first kappa shape index (κ1) is 13.3. The molecule has 1 aromatic rings. The van der Waals surface area contributed by atoms with E-state index in [4.69, 9.17) is 4.74 Å². The molecule has 20 heavy (non-hydrogen) atoms. The van der Waals surface area contributed by atoms with Gasteiger partial charge >= 0.3 is 0 Å². The van der Waals surface area contributed by atoms with Crippen LogP contribution in [0.5, 0.6) is 0 Å². The Morgan fingerprint density at radius 3 is 2.60 bits per heavy atom. The maximum atomic E-state index is 12.6. The number of benzene rings is 1. The summed E-state index contributed by atoms with van der Waals surface area (Å²) in [6, 6.07) is 7.28. The molecule has 0 unspecified atom stereocenters. The molecule has 0 spiro atoms. The van der Waals surface area contributed by atoms with Crippen LogP contribution in [0.25, 0.3) is 0 Å². The normalized spacial score (nSPS) is 24.4. The fraction of sp³-hybridized carbons (Fsp3) is 0.467. The van der Waals surface area contributed by atoms with Gasteiger partial charge in [-0.25, -0.2) is 4.90 Å². The van der Waals surface area contributed by atoms with E-state index < -0.39 is 0 Å². The van der Waals surface area contributed by atoms with Crippen LogP contribution in [0.1, 0.15) is 12.0 Å². The van der Waals surface area contributed by atoms with Crippen molar-refractivity contribution in [1.29, 1.82) is 0 Å². The molecule has 0 aliphatic carbocycles. The lowest BCUT2D eigenvalue weighted by Crippen LogP contribution is -3.18. The fourth-order valence-electron chi connectivity index (χ4n) is 3.00. The summed E-state index contributed by atoms with van der Waals surface area (Å²) >= 11 is 0. The molecule has 1 N–H and O–H groups in total. The van der Waals surface area contributed by atoms with Gasteiger partial charge in [-0.15, -0.1) is 0 Å². The van der Waals surface area contributed by atoms with Gasteiger partial charge in [0.25, 0.3) is 5.91 Å². The number of aryl methyl sites for hydroxylation is 1. The number of morpholine rings is 1. The lowest BCUT2D eigenvalue weighted by molar-refractivity contribution is -0.922. The first-order chi connectivity index (χ1) is 9.68. The van der Waals surface area contributed by atoms with E-state index >= 15 is 0 Å². The fourth-order valence-corrected chi connectivity index (χ4v) is 3.00. The minimum Gasteiger partial charge on any atom is -0.370 e. The Hall–Kier alpha value is -1.72. The highest BCUT2D eigenvalue weighted by atomic mass is 16.5. The van der Waals surface area contributed by atoms with E-state index in [2.05, 4.69) is 0 Å². The van der Waals surface area contributed by atoms with Crippen LogP contribution in [0.15, 0.2) is 24.3 Å². The van der Waals surface area contributed by atoms with Crippen LogP contribution in [0.2, 0.25) is 0 Å². The quantitative estimate of drug-likeness (QED) is 0.743. The second-order valence-electron chi connectivity index (χ2n) is 5.38. The molecule has 3 rings (SSSR count). The molecule has 5 heteroatoms. The molecule has 106 valence electrons. The van der Waals surface area contributed by atoms with Gasteiger partial charge in [0, 0.05) is 0 Å². The summed E-state index contributed by atoms with van der Waals surface area (Å²) in [5.74, 6) is -0.158. The van der Waals surface area contributed by atoms with Crippen molar-refractivity contribution < 1.29 is 19.2 Å². The van der Waals surface area contributed by atoms with Crippen molar-refractivity contribution in [2.45, 2.75) is 19.4 Å². The standard InChI is InChI=1S/C15H18N2O3/c1-11-4-2-3-5-12(11)17-14(18)10-13(15(17)19)16-6-8-20-9-7-16/h2-5,13H,6-10H2,1H3/p+1/t13-/m0/s1. The van der Waals surface area contributed by atoms with Crippen LogP contribution in [0.4, 0.5) is 5.69 Å². The molecule has 0 aromatic heterocycles. The zero-order chi connectivity index (χ0) is 14.1. The van der Waals surface area contributed by atoms with Crippen LogP contribution < -0.4 is 9.80 Å². The van der Waals surface area contributed by atoms with Crippen LogP contribution in [-0.4, -0.2) is 44.2 Å². The second-order valence-corrected chi connectivity index (χ2v) is 5.38. The van der Waals surface area contributed by atoms with Crippen molar-refractivity contribution in [2.24, 2.45) is 0 Å². The molecule has 1 aromatic carbocycles. The second kappa shape index (κ2) is 5.34. The number of para-hydroxylation sites is 1. The number of hydrogen-bond donors (Lipinski definition) is 1. The average molecular weight is 275 g/mol. The highest BCUT2D eigenvalue weighted by Crippen LogP contribution is 2.25. The van der Waals surface area contributed by atoms with Gasteiger partial charge in [0.05, 0.1) is 25.3 Å². The zero-order valence-electron chi connectivity index (χ0n) is 11.6. The average Bonchev–Trinajstić information content (AvgIpc) is 2.76. The molecule has 2 aliphatic rings. The Balaban J connectivity index is 1.85. The number of anilines is 1. The summed E-state index contributed by atoms with van der Waals surface area (Å²) in [4.78, 5) is 27.4. The maximum absolute atomic E-state index is 12.6. The number of hydrogen-bond acceptors (Lipinski definition) is 3. The largest absolute Gasteiger partial charge is 0.370 e. The number of nitrogens with zero attached hydrogens (tertiary/aromatic N) is 1. The monoisotopic (exact) mass is 275 g/mol. The van der Waals surface area contributed by atoms with Gasteiger partial charge in [-0.3, -0.25) is 9.59 Å². The first-order valence-electron chi connectivity index (χ1n) is 7.03. The van der Waals surface area contributed by atoms with Crippen molar-refractivity contribution in [1.82, 2.24) is 0 Å². The van der Waals surface area contributed by atoms with Crippen molar-refractivity contribution in [3.63, 3.8) is 0 Å². The van der Waals surface area contributed by atoms with E-state index in [0.717, 1.165) is 24.3 Å². The zero-order valence-corrected chi connectivity index (χ0v) is 11.6. The maximum Gasteiger partial charge on any atom is 0.292 e. The number of amides is 2. The van der Waals surface area contributed by atoms with E-state index in [1.807, 2.05) is 31.2 Å². The Morgan fingerprint density at radius 2 is 1.90 bits per heavy atom. The van der Waals surface area contributed by atoms with Crippen LogP contribution >= 0.6 is 0 Å². The molecular formula is C15H19N2O3+. The van der Waals surface area contributed by atoms with Gasteiger partial charge < -0.3 is 9.64 Å². The van der Waals surface area contributed by atoms with E-state index in [0.29, 0.717) is 19.6 Å². The molecule has 2 heterocycles. The topological polar surface area (TPSA) is 51.1 Å². The van der Waals surface area contributed by atoms with Crippen LogP contribution in [-0.2, 0) is 14.3 Å². The molecule has 2 amide bonds. The van der Waals surface area contributed by atoms with Crippen molar-refractivity contribution in [3.05, 3.63) is 29.8 Å². The van der Waals surface area contributed by atoms with E-state index in [-0.39, 0.29) is 17.9 Å². The third kappa shape index (κ3) is 2.23. The number of rotatable bonds is 2. The van der Waals surface area contributed by atoms with Gasteiger partial charge in [0.1, 0.15) is 13.1 Å². The molecule has 0 radical (unpaired) electrons. The summed E-state index contributed by atoms with van der Waals surface area (Å²) < 4.78 is 5.32. The van der Waals surface area contributed by atoms with Crippen molar-refractivity contribution in [2.75, 3.05) is 31.2 Å². The van der Waals surface area contributed by atoms with Crippen LogP contribution in [0, 0.1) is 6.92 Å². The summed E-state index contributed by atoms with van der Waals surface area (Å²) in [6.45, 7) is 4.84. The smallest absolute Gasteiger partial charge is 0.292 e. The Kier molecular flexibility index (Phi) is 3.54. The van der Waals surface area contributed by atoms with E-state index in [1.165, 1.54) is 9.80 Å². The number of quaternary nitrogens is 1. The molecule has 1 atom stereocenters. The van der Waals surface area contributed by atoms with E-state index in [1.54, 1.807) is 0 Å². The molecule has 2 fully saturated rings. The summed E-state index contributed by atoms with van der Waals surface area (Å²) in [5, 5.41) is 0. The van der Waals surface area contributed by atoms with Gasteiger partial charge in [-0.1, -0.05) is 18.2 Å². The number of nitrogens with one attached hydrogen (secondary N) is 1. The minimum absolute atomic E-state index is 0.0683. The lowest BCUT2D eigenvalue weighted by atomic mass is 10.2. The number of carbonyl (C=O) groups excluding carboxylic acids is 2. The Bertz CT molecular complexity index is 538. The summed E-state index contributed by atoms with van der Waals surface area (Å²) in [6.07, 6.45) is 0.308. The third-order valence-electron chi connectivity index (χ3n) is 4.13. The highest BCUT2D eigenvalue weighted by molar-refractivity contribution is 6.22. The van der Waals surface area contributed by atoms with E-state index in [9.17, 15) is 9.59 Å². The molecule has 0 bridgehead atoms. The van der Waals surface area contributed by atoms with Crippen molar-refractivity contribution in [3.8, 4) is 0 Å². The number of ether oxygens (including phenoxy) is 1. The number of carbonyl (C=O) groups is 2.